The molecule has 1 aromatic heterocycles. The normalized spacial score (nSPS) is 15.4. The molecule has 23 heavy (non-hydrogen) atoms. The van der Waals surface area contributed by atoms with Crippen molar-refractivity contribution < 1.29 is 0 Å². The van der Waals surface area contributed by atoms with E-state index in [1.807, 2.05) is 6.07 Å². The summed E-state index contributed by atoms with van der Waals surface area (Å²) in [5, 5.41) is 9.59. The summed E-state index contributed by atoms with van der Waals surface area (Å²) >= 11 is 5.48. The van der Waals surface area contributed by atoms with Crippen molar-refractivity contribution in [1.29, 1.82) is 5.26 Å². The van der Waals surface area contributed by atoms with E-state index in [1.54, 1.807) is 0 Å². The Hall–Kier alpha value is -1.92. The Kier molecular flexibility index (Phi) is 5.25. The molecule has 3 rings (SSSR count). The molecule has 1 aliphatic rings. The van der Waals surface area contributed by atoms with Crippen molar-refractivity contribution in [2.75, 3.05) is 0 Å². The third-order valence-corrected chi connectivity index (χ3v) is 5.02. The van der Waals surface area contributed by atoms with Crippen molar-refractivity contribution in [2.45, 2.75) is 51.4 Å². The summed E-state index contributed by atoms with van der Waals surface area (Å²) in [4.78, 5) is 3.35. The van der Waals surface area contributed by atoms with Crippen LogP contribution in [-0.2, 0) is 12.8 Å². The maximum atomic E-state index is 9.59. The molecule has 0 spiro atoms. The van der Waals surface area contributed by atoms with Gasteiger partial charge in [0, 0.05) is 5.69 Å². The molecule has 1 heterocycles. The Morgan fingerprint density at radius 2 is 1.48 bits per heavy atom. The monoisotopic (exact) mass is 322 g/mol. The smallest absolute Gasteiger partial charge is 0.121 e. The first-order chi connectivity index (χ1) is 11.3. The number of fused-ring (bicyclic) bond motifs is 1. The Morgan fingerprint density at radius 1 is 0.870 bits per heavy atom. The van der Waals surface area contributed by atoms with Gasteiger partial charge in [0.1, 0.15) is 10.7 Å². The van der Waals surface area contributed by atoms with Crippen molar-refractivity contribution in [1.82, 2.24) is 4.98 Å². The second-order valence-corrected chi connectivity index (χ2v) is 6.67. The third-order valence-electron chi connectivity index (χ3n) is 4.71. The molecular formula is C20H22N2S. The van der Waals surface area contributed by atoms with Crippen LogP contribution in [0.15, 0.2) is 30.3 Å². The minimum atomic E-state index is 0.585. The van der Waals surface area contributed by atoms with Crippen LogP contribution in [0.4, 0.5) is 0 Å². The second kappa shape index (κ2) is 7.57. The van der Waals surface area contributed by atoms with E-state index in [1.165, 1.54) is 43.2 Å². The average molecular weight is 322 g/mol. The molecule has 2 nitrogen and oxygen atoms in total. The lowest BCUT2D eigenvalue weighted by Crippen LogP contribution is -2.06. The summed E-state index contributed by atoms with van der Waals surface area (Å²) < 4.78 is 0.585. The van der Waals surface area contributed by atoms with Gasteiger partial charge in [-0.2, -0.15) is 5.26 Å². The van der Waals surface area contributed by atoms with Gasteiger partial charge in [0.2, 0.25) is 0 Å². The van der Waals surface area contributed by atoms with Gasteiger partial charge in [0.15, 0.2) is 0 Å². The molecular weight excluding hydrogens is 300 g/mol. The Labute approximate surface area is 143 Å². The number of nitrogens with zero attached hydrogens (tertiary/aromatic N) is 1. The fraction of sp³-hybridized carbons (Fsp3) is 0.400. The maximum absolute atomic E-state index is 9.59. The lowest BCUT2D eigenvalue weighted by molar-refractivity contribution is 0.580. The van der Waals surface area contributed by atoms with Gasteiger partial charge in [-0.3, -0.25) is 0 Å². The van der Waals surface area contributed by atoms with Crippen molar-refractivity contribution in [3.8, 4) is 17.3 Å². The summed E-state index contributed by atoms with van der Waals surface area (Å²) in [6.07, 6.45) is 9.47. The first-order valence-corrected chi connectivity index (χ1v) is 8.95. The summed E-state index contributed by atoms with van der Waals surface area (Å²) in [5.41, 5.74) is 5.47. The Balaban J connectivity index is 2.19. The minimum Gasteiger partial charge on any atom is -0.345 e. The number of rotatable bonds is 1. The highest BCUT2D eigenvalue weighted by Gasteiger charge is 2.17. The molecule has 1 aromatic carbocycles. The van der Waals surface area contributed by atoms with Crippen LogP contribution in [-0.4, -0.2) is 4.98 Å². The predicted molar refractivity (Wildman–Crippen MR) is 96.9 cm³/mol. The molecule has 0 radical (unpaired) electrons. The number of nitriles is 1. The fourth-order valence-corrected chi connectivity index (χ4v) is 3.79. The van der Waals surface area contributed by atoms with E-state index in [0.717, 1.165) is 30.5 Å². The predicted octanol–water partition coefficient (Wildman–Crippen LogP) is 5.72. The average Bonchev–Trinajstić information content (AvgIpc) is 2.59. The number of benzene rings is 1. The van der Waals surface area contributed by atoms with Gasteiger partial charge < -0.3 is 4.98 Å². The van der Waals surface area contributed by atoms with E-state index in [2.05, 4.69) is 35.3 Å². The van der Waals surface area contributed by atoms with Crippen LogP contribution in [0.5, 0.6) is 0 Å². The van der Waals surface area contributed by atoms with Gasteiger partial charge in [0.05, 0.1) is 5.56 Å². The number of pyridine rings is 1. The standard InChI is InChI=1S/C20H22N2S/c21-14-18-16-12-8-3-1-2-4-9-13-17(16)19(22-20(18)23)15-10-6-5-7-11-15/h5-7,10-11H,1-4,8-9,12-13H2,(H,22,23). The van der Waals surface area contributed by atoms with Crippen LogP contribution in [0.3, 0.4) is 0 Å². The molecule has 1 aliphatic carbocycles. The fourth-order valence-electron chi connectivity index (χ4n) is 3.52. The zero-order chi connectivity index (χ0) is 16.1. The molecule has 0 saturated heterocycles. The zero-order valence-electron chi connectivity index (χ0n) is 13.4. The number of hydrogen-bond donors (Lipinski definition) is 1. The number of hydrogen-bond acceptors (Lipinski definition) is 2. The quantitative estimate of drug-likeness (QED) is 0.682. The van der Waals surface area contributed by atoms with E-state index in [4.69, 9.17) is 12.2 Å². The summed E-state index contributed by atoms with van der Waals surface area (Å²) in [6, 6.07) is 12.7. The largest absolute Gasteiger partial charge is 0.345 e. The van der Waals surface area contributed by atoms with Gasteiger partial charge in [-0.05, 0) is 42.4 Å². The van der Waals surface area contributed by atoms with Gasteiger partial charge in [-0.15, -0.1) is 0 Å². The van der Waals surface area contributed by atoms with Crippen LogP contribution >= 0.6 is 12.2 Å². The van der Waals surface area contributed by atoms with Crippen LogP contribution in [0, 0.1) is 16.0 Å². The van der Waals surface area contributed by atoms with E-state index in [-0.39, 0.29) is 0 Å². The lowest BCUT2D eigenvalue weighted by atomic mass is 9.89. The Bertz CT molecular complexity index is 769. The third kappa shape index (κ3) is 3.54. The molecule has 3 heteroatoms. The van der Waals surface area contributed by atoms with Crippen molar-refractivity contribution in [3.05, 3.63) is 51.7 Å². The molecule has 0 unspecified atom stereocenters. The van der Waals surface area contributed by atoms with Crippen molar-refractivity contribution in [3.63, 3.8) is 0 Å². The first-order valence-electron chi connectivity index (χ1n) is 8.55. The summed E-state index contributed by atoms with van der Waals surface area (Å²) in [7, 11) is 0. The molecule has 118 valence electrons. The van der Waals surface area contributed by atoms with E-state index in [9.17, 15) is 5.26 Å². The first kappa shape index (κ1) is 16.0. The van der Waals surface area contributed by atoms with Crippen LogP contribution in [0.2, 0.25) is 0 Å². The number of aromatic amines is 1. The molecule has 0 atom stereocenters. The summed E-state index contributed by atoms with van der Waals surface area (Å²) in [5.74, 6) is 0. The van der Waals surface area contributed by atoms with E-state index < -0.39 is 0 Å². The lowest BCUT2D eigenvalue weighted by Gasteiger charge is -2.18. The highest BCUT2D eigenvalue weighted by molar-refractivity contribution is 7.71. The number of aromatic nitrogens is 1. The molecule has 0 saturated carbocycles. The van der Waals surface area contributed by atoms with E-state index >= 15 is 0 Å². The maximum Gasteiger partial charge on any atom is 0.121 e. The van der Waals surface area contributed by atoms with Crippen LogP contribution in [0.25, 0.3) is 11.3 Å². The molecule has 0 bridgehead atoms. The van der Waals surface area contributed by atoms with Crippen LogP contribution < -0.4 is 0 Å². The topological polar surface area (TPSA) is 39.6 Å². The van der Waals surface area contributed by atoms with Crippen molar-refractivity contribution in [2.24, 2.45) is 0 Å². The Morgan fingerprint density at radius 3 is 2.13 bits per heavy atom. The van der Waals surface area contributed by atoms with E-state index in [0.29, 0.717) is 10.2 Å². The molecule has 0 amide bonds. The van der Waals surface area contributed by atoms with Gasteiger partial charge in [-0.25, -0.2) is 0 Å². The molecule has 0 fully saturated rings. The number of H-pyrrole nitrogens is 1. The molecule has 1 N–H and O–H groups in total. The van der Waals surface area contributed by atoms with Gasteiger partial charge >= 0.3 is 0 Å². The van der Waals surface area contributed by atoms with Crippen LogP contribution in [0.1, 0.15) is 55.2 Å². The second-order valence-electron chi connectivity index (χ2n) is 6.26. The highest BCUT2D eigenvalue weighted by atomic mass is 32.1. The zero-order valence-corrected chi connectivity index (χ0v) is 14.2. The molecule has 2 aromatic rings. The van der Waals surface area contributed by atoms with Gasteiger partial charge in [0.25, 0.3) is 0 Å². The summed E-state index contributed by atoms with van der Waals surface area (Å²) in [6.45, 7) is 0. The highest BCUT2D eigenvalue weighted by Crippen LogP contribution is 2.30. The van der Waals surface area contributed by atoms with Crippen molar-refractivity contribution >= 4 is 12.2 Å². The minimum absolute atomic E-state index is 0.585. The SMILES string of the molecule is N#Cc1c2c(c(-c3ccccc3)[nH]c1=S)CCCCCCCC2. The van der Waals surface area contributed by atoms with Gasteiger partial charge in [-0.1, -0.05) is 68.2 Å². The molecule has 0 aliphatic heterocycles. The number of nitrogens with one attached hydrogen (secondary N) is 1.